The molecular weight excluding hydrogens is 448 g/mol. The Kier molecular flexibility index (Phi) is 6.13. The molecule has 0 radical (unpaired) electrons. The van der Waals surface area contributed by atoms with Crippen molar-refractivity contribution in [1.29, 1.82) is 0 Å². The summed E-state index contributed by atoms with van der Waals surface area (Å²) >= 11 is 6.36. The van der Waals surface area contributed by atoms with Gasteiger partial charge in [-0.2, -0.15) is 0 Å². The van der Waals surface area contributed by atoms with Crippen LogP contribution in [0.3, 0.4) is 0 Å². The minimum absolute atomic E-state index is 0.0793. The summed E-state index contributed by atoms with van der Waals surface area (Å²) in [5, 5.41) is 3.56. The Morgan fingerprint density at radius 3 is 2.59 bits per heavy atom. The Bertz CT molecular complexity index is 1220. The molecule has 1 aliphatic carbocycles. The molecule has 3 aromatic rings. The summed E-state index contributed by atoms with van der Waals surface area (Å²) in [6.45, 7) is 5.03. The van der Waals surface area contributed by atoms with Gasteiger partial charge in [-0.3, -0.25) is 4.79 Å². The summed E-state index contributed by atoms with van der Waals surface area (Å²) in [6.07, 6.45) is 2.32. The number of hydrogen-bond acceptors (Lipinski definition) is 4. The van der Waals surface area contributed by atoms with Crippen molar-refractivity contribution in [3.8, 4) is 11.5 Å². The summed E-state index contributed by atoms with van der Waals surface area (Å²) < 4.78 is 12.2. The molecule has 1 aliphatic heterocycles. The molecule has 0 spiro atoms. The van der Waals surface area contributed by atoms with Crippen molar-refractivity contribution in [2.24, 2.45) is 0 Å². The van der Waals surface area contributed by atoms with Crippen LogP contribution in [0.4, 0.5) is 11.4 Å². The summed E-state index contributed by atoms with van der Waals surface area (Å²) in [4.78, 5) is 15.3. The zero-order chi connectivity index (χ0) is 23.8. The summed E-state index contributed by atoms with van der Waals surface area (Å²) in [5.74, 6) is 2.03. The molecule has 1 fully saturated rings. The summed E-state index contributed by atoms with van der Waals surface area (Å²) in [6, 6.07) is 17.7. The van der Waals surface area contributed by atoms with Crippen molar-refractivity contribution in [3.63, 3.8) is 0 Å². The number of carbonyl (C=O) groups excluding carboxylic acids is 1. The quantitative estimate of drug-likeness (QED) is 0.449. The van der Waals surface area contributed by atoms with E-state index in [9.17, 15) is 4.79 Å². The number of likely N-dealkylation sites (N-methyl/N-ethyl adjacent to an activating group) is 1. The van der Waals surface area contributed by atoms with Gasteiger partial charge in [0.1, 0.15) is 24.2 Å². The first kappa shape index (κ1) is 22.6. The Hall–Kier alpha value is -3.18. The number of anilines is 2. The highest BCUT2D eigenvalue weighted by atomic mass is 35.5. The molecule has 1 N–H and O–H groups in total. The molecule has 3 aromatic carbocycles. The molecule has 2 aliphatic rings. The number of carbonyl (C=O) groups is 1. The van der Waals surface area contributed by atoms with Gasteiger partial charge in [-0.1, -0.05) is 29.8 Å². The zero-order valence-electron chi connectivity index (χ0n) is 19.7. The average molecular weight is 477 g/mol. The number of fused-ring (bicyclic) bond motifs is 1. The Balaban J connectivity index is 1.27. The molecule has 0 aromatic heterocycles. The number of nitrogens with one attached hydrogen (secondary N) is 1. The zero-order valence-corrected chi connectivity index (χ0v) is 20.5. The molecular formula is C28H29ClN2O3. The molecule has 0 saturated heterocycles. The predicted octanol–water partition coefficient (Wildman–Crippen LogP) is 6.36. The first-order valence-corrected chi connectivity index (χ1v) is 12.1. The third-order valence-corrected chi connectivity index (χ3v) is 6.83. The fourth-order valence-electron chi connectivity index (χ4n) is 4.63. The van der Waals surface area contributed by atoms with E-state index in [1.165, 1.54) is 18.4 Å². The minimum atomic E-state index is -0.162. The second-order valence-electron chi connectivity index (χ2n) is 9.30. The number of rotatable bonds is 6. The van der Waals surface area contributed by atoms with E-state index in [-0.39, 0.29) is 12.0 Å². The lowest BCUT2D eigenvalue weighted by Gasteiger charge is -2.33. The lowest BCUT2D eigenvalue weighted by atomic mass is 10.0. The molecule has 6 heteroatoms. The minimum Gasteiger partial charge on any atom is -0.490 e. The second-order valence-corrected chi connectivity index (χ2v) is 9.71. The van der Waals surface area contributed by atoms with Crippen molar-refractivity contribution in [3.05, 3.63) is 81.9 Å². The normalized spacial score (nSPS) is 17.1. The fraction of sp³-hybridized carbons (Fsp3) is 0.321. The van der Waals surface area contributed by atoms with Crippen LogP contribution in [0.1, 0.15) is 45.8 Å². The molecule has 1 amide bonds. The van der Waals surface area contributed by atoms with Crippen LogP contribution in [0.15, 0.2) is 54.6 Å². The van der Waals surface area contributed by atoms with Crippen LogP contribution >= 0.6 is 11.6 Å². The molecule has 0 bridgehead atoms. The summed E-state index contributed by atoms with van der Waals surface area (Å²) in [5.41, 5.74) is 5.33. The van der Waals surface area contributed by atoms with Gasteiger partial charge < -0.3 is 19.7 Å². The number of aryl methyl sites for hydroxylation is 2. The van der Waals surface area contributed by atoms with E-state index < -0.39 is 0 Å². The van der Waals surface area contributed by atoms with Crippen LogP contribution in [0.5, 0.6) is 11.5 Å². The molecule has 5 rings (SSSR count). The molecule has 1 heterocycles. The number of benzene rings is 3. The van der Waals surface area contributed by atoms with E-state index in [2.05, 4.69) is 23.3 Å². The lowest BCUT2D eigenvalue weighted by Crippen LogP contribution is -2.41. The van der Waals surface area contributed by atoms with E-state index in [0.717, 1.165) is 34.9 Å². The molecule has 5 nitrogen and oxygen atoms in total. The third kappa shape index (κ3) is 4.71. The van der Waals surface area contributed by atoms with Crippen molar-refractivity contribution >= 4 is 28.9 Å². The van der Waals surface area contributed by atoms with Crippen LogP contribution < -0.4 is 19.7 Å². The number of ether oxygens (including phenoxy) is 2. The largest absolute Gasteiger partial charge is 0.490 e. The van der Waals surface area contributed by atoms with Gasteiger partial charge in [-0.25, -0.2) is 0 Å². The first-order valence-electron chi connectivity index (χ1n) is 11.7. The van der Waals surface area contributed by atoms with Gasteiger partial charge in [0.05, 0.1) is 22.9 Å². The number of halogens is 1. The highest BCUT2D eigenvalue weighted by Crippen LogP contribution is 2.42. The molecule has 1 saturated carbocycles. The van der Waals surface area contributed by atoms with Gasteiger partial charge in [-0.05, 0) is 85.7 Å². The topological polar surface area (TPSA) is 50.8 Å². The maximum absolute atomic E-state index is 13.1. The standard InChI is InChI=1S/C28H29ClN2O3/c1-17-12-21(33-16-22-15-31(3)25-6-4-5-7-26(25)34-22)13-18(2)27(17)28(32)30-24-14-20(19-8-9-19)10-11-23(24)29/h4-7,10-14,19,22H,8-9,15-16H2,1-3H3,(H,30,32)/t22-/m0/s1. The number of para-hydroxylation sites is 2. The molecule has 0 unspecified atom stereocenters. The van der Waals surface area contributed by atoms with Gasteiger partial charge >= 0.3 is 0 Å². The smallest absolute Gasteiger partial charge is 0.256 e. The lowest BCUT2D eigenvalue weighted by molar-refractivity contribution is 0.102. The first-order chi connectivity index (χ1) is 16.4. The average Bonchev–Trinajstić information content (AvgIpc) is 3.64. The summed E-state index contributed by atoms with van der Waals surface area (Å²) in [7, 11) is 2.06. The highest BCUT2D eigenvalue weighted by Gasteiger charge is 2.25. The van der Waals surface area contributed by atoms with Crippen molar-refractivity contribution in [2.75, 3.05) is 30.4 Å². The second kappa shape index (κ2) is 9.22. The van der Waals surface area contributed by atoms with Gasteiger partial charge in [0.15, 0.2) is 0 Å². The van der Waals surface area contributed by atoms with Crippen LogP contribution in [0.25, 0.3) is 0 Å². The predicted molar refractivity (Wildman–Crippen MR) is 137 cm³/mol. The van der Waals surface area contributed by atoms with Crippen LogP contribution in [-0.2, 0) is 0 Å². The van der Waals surface area contributed by atoms with Crippen molar-refractivity contribution < 1.29 is 14.3 Å². The fourth-order valence-corrected chi connectivity index (χ4v) is 4.79. The van der Waals surface area contributed by atoms with E-state index in [0.29, 0.717) is 28.8 Å². The molecule has 34 heavy (non-hydrogen) atoms. The van der Waals surface area contributed by atoms with E-state index >= 15 is 0 Å². The maximum atomic E-state index is 13.1. The Morgan fingerprint density at radius 2 is 1.85 bits per heavy atom. The molecule has 1 atom stereocenters. The number of amides is 1. The SMILES string of the molecule is Cc1cc(OC[C@@H]2CN(C)c3ccccc3O2)cc(C)c1C(=O)Nc1cc(C2CC2)ccc1Cl. The van der Waals surface area contributed by atoms with Crippen LogP contribution in [0, 0.1) is 13.8 Å². The number of nitrogens with zero attached hydrogens (tertiary/aromatic N) is 1. The van der Waals surface area contributed by atoms with Crippen molar-refractivity contribution in [1.82, 2.24) is 0 Å². The van der Waals surface area contributed by atoms with Gasteiger partial charge in [-0.15, -0.1) is 0 Å². The van der Waals surface area contributed by atoms with E-state index in [1.807, 2.05) is 62.4 Å². The van der Waals surface area contributed by atoms with Gasteiger partial charge in [0, 0.05) is 12.6 Å². The Morgan fingerprint density at radius 1 is 1.12 bits per heavy atom. The third-order valence-electron chi connectivity index (χ3n) is 6.50. The van der Waals surface area contributed by atoms with Gasteiger partial charge in [0.2, 0.25) is 0 Å². The number of hydrogen-bond donors (Lipinski definition) is 1. The molecule has 176 valence electrons. The monoisotopic (exact) mass is 476 g/mol. The van der Waals surface area contributed by atoms with Gasteiger partial charge in [0.25, 0.3) is 5.91 Å². The van der Waals surface area contributed by atoms with E-state index in [1.54, 1.807) is 0 Å². The van der Waals surface area contributed by atoms with E-state index in [4.69, 9.17) is 21.1 Å². The highest BCUT2D eigenvalue weighted by molar-refractivity contribution is 6.34. The van der Waals surface area contributed by atoms with Crippen LogP contribution in [0.2, 0.25) is 5.02 Å². The maximum Gasteiger partial charge on any atom is 0.256 e. The van der Waals surface area contributed by atoms with Crippen molar-refractivity contribution in [2.45, 2.75) is 38.7 Å². The Labute approximate surface area is 205 Å². The van der Waals surface area contributed by atoms with Crippen LogP contribution in [-0.4, -0.2) is 32.2 Å².